The molecule has 0 fully saturated rings. The molecule has 418 valence electrons. The minimum atomic E-state index is -0.843. The normalized spacial score (nSPS) is 12.8. The van der Waals surface area contributed by atoms with E-state index in [9.17, 15) is 19.8 Å². The maximum atomic E-state index is 12.4. The van der Waals surface area contributed by atoms with Gasteiger partial charge in [0.1, 0.15) is 0 Å². The Bertz CT molecular complexity index is 1150. The van der Waals surface area contributed by atoms with E-state index < -0.39 is 12.1 Å². The first-order chi connectivity index (χ1) is 35.0. The number of aliphatic hydroxyl groups excluding tert-OH is 2. The molecule has 0 aliphatic carbocycles. The minimum Gasteiger partial charge on any atom is -0.466 e. The van der Waals surface area contributed by atoms with Gasteiger partial charge in [-0.1, -0.05) is 281 Å². The van der Waals surface area contributed by atoms with E-state index in [2.05, 4.69) is 43.5 Å². The Morgan fingerprint density at radius 1 is 0.380 bits per heavy atom. The van der Waals surface area contributed by atoms with Crippen LogP contribution in [-0.2, 0) is 14.3 Å². The van der Waals surface area contributed by atoms with Gasteiger partial charge in [0.05, 0.1) is 25.4 Å². The van der Waals surface area contributed by atoms with Crippen LogP contribution in [-0.4, -0.2) is 47.4 Å². The highest BCUT2D eigenvalue weighted by Gasteiger charge is 2.18. The number of aliphatic hydroxyl groups is 2. The van der Waals surface area contributed by atoms with E-state index >= 15 is 0 Å². The maximum absolute atomic E-state index is 12.4. The third-order valence-corrected chi connectivity index (χ3v) is 14.6. The van der Waals surface area contributed by atoms with Gasteiger partial charge in [-0.3, -0.25) is 9.59 Å². The van der Waals surface area contributed by atoms with Crippen LogP contribution in [0.25, 0.3) is 0 Å². The molecular weight excluding hydrogens is 875 g/mol. The Morgan fingerprint density at radius 3 is 1.00 bits per heavy atom. The molecule has 2 atom stereocenters. The Hall–Kier alpha value is -1.92. The molecule has 6 heteroatoms. The fraction of sp³-hybridized carbons (Fsp3) is 0.877. The van der Waals surface area contributed by atoms with Gasteiger partial charge in [-0.15, -0.1) is 0 Å². The molecule has 0 rings (SSSR count). The Morgan fingerprint density at radius 2 is 0.662 bits per heavy atom. The number of carbonyl (C=O) groups is 2. The summed E-state index contributed by atoms with van der Waals surface area (Å²) >= 11 is 0. The highest BCUT2D eigenvalue weighted by molar-refractivity contribution is 5.76. The molecule has 6 nitrogen and oxygen atoms in total. The first-order valence-corrected chi connectivity index (χ1v) is 31.8. The number of nitrogens with one attached hydrogen (secondary N) is 1. The van der Waals surface area contributed by atoms with E-state index in [4.69, 9.17) is 4.74 Å². The molecule has 0 saturated heterocycles. The molecule has 0 bridgehead atoms. The quantitative estimate of drug-likeness (QED) is 0.0321. The van der Waals surface area contributed by atoms with Gasteiger partial charge in [0.2, 0.25) is 5.91 Å². The van der Waals surface area contributed by atoms with Gasteiger partial charge in [-0.25, -0.2) is 0 Å². The van der Waals surface area contributed by atoms with Crippen molar-refractivity contribution < 1.29 is 24.5 Å². The number of amides is 1. The average molecular weight is 999 g/mol. The van der Waals surface area contributed by atoms with Crippen molar-refractivity contribution in [3.8, 4) is 0 Å². The zero-order valence-corrected chi connectivity index (χ0v) is 47.7. The molecule has 0 aromatic carbocycles. The van der Waals surface area contributed by atoms with Crippen molar-refractivity contribution in [1.29, 1.82) is 0 Å². The van der Waals surface area contributed by atoms with Crippen LogP contribution in [0.2, 0.25) is 0 Å². The van der Waals surface area contributed by atoms with Crippen LogP contribution >= 0.6 is 0 Å². The molecule has 0 heterocycles. The number of esters is 1. The van der Waals surface area contributed by atoms with Gasteiger partial charge in [0, 0.05) is 12.8 Å². The molecular formula is C65H123NO5. The molecule has 0 aromatic rings. The molecule has 0 aliphatic rings. The zero-order chi connectivity index (χ0) is 51.4. The Kier molecular flexibility index (Phi) is 59.0. The number of allylic oxidation sites excluding steroid dienone is 5. The van der Waals surface area contributed by atoms with E-state index in [0.29, 0.717) is 19.4 Å². The largest absolute Gasteiger partial charge is 0.466 e. The zero-order valence-electron chi connectivity index (χ0n) is 47.7. The van der Waals surface area contributed by atoms with Crippen LogP contribution in [0.15, 0.2) is 36.5 Å². The van der Waals surface area contributed by atoms with Crippen molar-refractivity contribution >= 4 is 11.9 Å². The van der Waals surface area contributed by atoms with E-state index in [1.165, 1.54) is 270 Å². The van der Waals surface area contributed by atoms with Gasteiger partial charge in [0.15, 0.2) is 0 Å². The van der Waals surface area contributed by atoms with Crippen LogP contribution in [0.1, 0.15) is 341 Å². The van der Waals surface area contributed by atoms with Crippen molar-refractivity contribution in [1.82, 2.24) is 5.32 Å². The molecule has 0 aliphatic heterocycles. The van der Waals surface area contributed by atoms with Crippen molar-refractivity contribution in [3.05, 3.63) is 36.5 Å². The minimum absolute atomic E-state index is 0.00746. The molecule has 1 amide bonds. The number of carbonyl (C=O) groups excluding carboxylic acids is 2. The summed E-state index contributed by atoms with van der Waals surface area (Å²) in [7, 11) is 0. The van der Waals surface area contributed by atoms with Gasteiger partial charge in [-0.05, 0) is 83.5 Å². The van der Waals surface area contributed by atoms with E-state index in [1.54, 1.807) is 6.08 Å². The fourth-order valence-corrected chi connectivity index (χ4v) is 9.74. The van der Waals surface area contributed by atoms with Crippen molar-refractivity contribution in [2.75, 3.05) is 13.2 Å². The lowest BCUT2D eigenvalue weighted by Crippen LogP contribution is -2.45. The number of hydrogen-bond acceptors (Lipinski definition) is 5. The van der Waals surface area contributed by atoms with Gasteiger partial charge in [-0.2, -0.15) is 0 Å². The van der Waals surface area contributed by atoms with Crippen molar-refractivity contribution in [3.63, 3.8) is 0 Å². The topological polar surface area (TPSA) is 95.9 Å². The van der Waals surface area contributed by atoms with Crippen LogP contribution in [0.5, 0.6) is 0 Å². The number of unbranched alkanes of at least 4 members (excludes halogenated alkanes) is 44. The van der Waals surface area contributed by atoms with Crippen LogP contribution < -0.4 is 5.32 Å². The summed E-state index contributed by atoms with van der Waals surface area (Å²) in [5.41, 5.74) is 0. The SMILES string of the molecule is CCCCCCCC/C=C\CCCCCCCC(=O)OCCCCCCCCCCCCCC/C=C\CCCCCCCCCCCCCCC(=O)NC(CO)C(O)/C=C/CCCCCCCCCCC. The third kappa shape index (κ3) is 57.2. The second-order valence-corrected chi connectivity index (χ2v) is 21.7. The Labute approximate surface area is 443 Å². The predicted molar refractivity (Wildman–Crippen MR) is 310 cm³/mol. The second-order valence-electron chi connectivity index (χ2n) is 21.7. The second kappa shape index (κ2) is 60.6. The van der Waals surface area contributed by atoms with Gasteiger partial charge in [0.25, 0.3) is 0 Å². The van der Waals surface area contributed by atoms with Crippen LogP contribution in [0.3, 0.4) is 0 Å². The summed E-state index contributed by atoms with van der Waals surface area (Å²) in [5.74, 6) is -0.0612. The van der Waals surface area contributed by atoms with Crippen LogP contribution in [0.4, 0.5) is 0 Å². The maximum Gasteiger partial charge on any atom is 0.305 e. The first kappa shape index (κ1) is 69.1. The molecule has 71 heavy (non-hydrogen) atoms. The number of rotatable bonds is 59. The molecule has 3 N–H and O–H groups in total. The standard InChI is InChI=1S/C65H123NO5/c1-3-5-7-9-11-13-15-16-31-35-39-43-47-51-55-59-65(70)71-60-56-52-48-44-40-36-33-30-28-26-24-22-20-18-17-19-21-23-25-27-29-32-34-38-42-46-50-54-58-64(69)66-62(61-67)63(68)57-53-49-45-41-37-14-12-10-8-6-4-2/h16-18,31,53,57,62-63,67-68H,3-15,19-30,32-52,54-56,58-61H2,1-2H3,(H,66,69)/b18-17-,31-16-,57-53+. The summed E-state index contributed by atoms with van der Waals surface area (Å²) in [5, 5.41) is 23.0. The van der Waals surface area contributed by atoms with Gasteiger partial charge < -0.3 is 20.3 Å². The summed E-state index contributed by atoms with van der Waals surface area (Å²) < 4.78 is 5.48. The number of hydrogen-bond donors (Lipinski definition) is 3. The lowest BCUT2D eigenvalue weighted by Gasteiger charge is -2.20. The lowest BCUT2D eigenvalue weighted by molar-refractivity contribution is -0.143. The van der Waals surface area contributed by atoms with E-state index in [1.807, 2.05) is 6.08 Å². The molecule has 0 saturated carbocycles. The first-order valence-electron chi connectivity index (χ1n) is 31.8. The highest BCUT2D eigenvalue weighted by atomic mass is 16.5. The third-order valence-electron chi connectivity index (χ3n) is 14.6. The highest BCUT2D eigenvalue weighted by Crippen LogP contribution is 2.17. The monoisotopic (exact) mass is 998 g/mol. The average Bonchev–Trinajstić information content (AvgIpc) is 3.37. The van der Waals surface area contributed by atoms with Crippen molar-refractivity contribution in [2.24, 2.45) is 0 Å². The smallest absolute Gasteiger partial charge is 0.305 e. The molecule has 0 spiro atoms. The van der Waals surface area contributed by atoms with Gasteiger partial charge >= 0.3 is 5.97 Å². The molecule has 2 unspecified atom stereocenters. The fourth-order valence-electron chi connectivity index (χ4n) is 9.74. The molecule has 0 aromatic heterocycles. The van der Waals surface area contributed by atoms with Crippen LogP contribution in [0, 0.1) is 0 Å². The predicted octanol–water partition coefficient (Wildman–Crippen LogP) is 20.0. The summed E-state index contributed by atoms with van der Waals surface area (Å²) in [4.78, 5) is 24.5. The lowest BCUT2D eigenvalue weighted by atomic mass is 10.0. The summed E-state index contributed by atoms with van der Waals surface area (Å²) in [6.45, 7) is 4.89. The number of ether oxygens (including phenoxy) is 1. The summed E-state index contributed by atoms with van der Waals surface area (Å²) in [6.07, 6.45) is 76.3. The van der Waals surface area contributed by atoms with E-state index in [-0.39, 0.29) is 18.5 Å². The molecule has 0 radical (unpaired) electrons. The van der Waals surface area contributed by atoms with E-state index in [0.717, 1.165) is 44.9 Å². The van der Waals surface area contributed by atoms with Crippen molar-refractivity contribution in [2.45, 2.75) is 353 Å². The summed E-state index contributed by atoms with van der Waals surface area (Å²) in [6, 6.07) is -0.626. The Balaban J connectivity index is 3.37.